The monoisotopic (exact) mass is 281 g/mol. The van der Waals surface area contributed by atoms with Gasteiger partial charge in [0.1, 0.15) is 0 Å². The van der Waals surface area contributed by atoms with Gasteiger partial charge in [-0.05, 0) is 11.1 Å². The molecule has 0 unspecified atom stereocenters. The number of hydrogen-bond donors (Lipinski definition) is 0. The van der Waals surface area contributed by atoms with Gasteiger partial charge in [-0.25, -0.2) is 0 Å². The molecule has 0 heterocycles. The second-order valence-electron chi connectivity index (χ2n) is 5.41. The molecule has 0 saturated carbocycles. The maximum Gasteiger partial charge on any atom is 0.222 e. The molecule has 0 N–H and O–H groups in total. The molecule has 2 aromatic carbocycles. The van der Waals surface area contributed by atoms with Crippen LogP contribution in [0.4, 0.5) is 0 Å². The highest BCUT2D eigenvalue weighted by Gasteiger charge is 2.27. The second-order valence-corrected chi connectivity index (χ2v) is 5.41. The predicted octanol–water partition coefficient (Wildman–Crippen LogP) is 4.40. The van der Waals surface area contributed by atoms with Crippen molar-refractivity contribution in [3.8, 4) is 0 Å². The molecule has 0 aromatic heterocycles. The molecule has 1 amide bonds. The van der Waals surface area contributed by atoms with E-state index in [2.05, 4.69) is 43.3 Å². The summed E-state index contributed by atoms with van der Waals surface area (Å²) in [5, 5.41) is 0. The summed E-state index contributed by atoms with van der Waals surface area (Å²) in [5.41, 5.74) is 2.43. The highest BCUT2D eigenvalue weighted by molar-refractivity contribution is 5.76. The molecule has 21 heavy (non-hydrogen) atoms. The summed E-state index contributed by atoms with van der Waals surface area (Å²) in [7, 11) is 1.91. The first-order valence-corrected chi connectivity index (χ1v) is 7.50. The van der Waals surface area contributed by atoms with Crippen molar-refractivity contribution in [3.05, 3.63) is 71.8 Å². The quantitative estimate of drug-likeness (QED) is 0.795. The molecule has 2 rings (SSSR count). The zero-order valence-electron chi connectivity index (χ0n) is 13.0. The molecule has 0 aliphatic rings. The zero-order valence-corrected chi connectivity index (χ0v) is 13.0. The van der Waals surface area contributed by atoms with Crippen LogP contribution in [0.2, 0.25) is 0 Å². The minimum atomic E-state index is 0.0565. The summed E-state index contributed by atoms with van der Waals surface area (Å²) in [6, 6.07) is 20.7. The summed E-state index contributed by atoms with van der Waals surface area (Å²) in [4.78, 5) is 14.1. The first kappa shape index (κ1) is 15.3. The van der Waals surface area contributed by atoms with Crippen LogP contribution < -0.4 is 0 Å². The largest absolute Gasteiger partial charge is 0.338 e. The van der Waals surface area contributed by atoms with E-state index in [-0.39, 0.29) is 17.9 Å². The van der Waals surface area contributed by atoms with Gasteiger partial charge in [-0.15, -0.1) is 0 Å². The van der Waals surface area contributed by atoms with Gasteiger partial charge in [0.25, 0.3) is 0 Å². The van der Waals surface area contributed by atoms with Crippen molar-refractivity contribution >= 4 is 5.91 Å². The Balaban J connectivity index is 2.39. The molecular weight excluding hydrogens is 258 g/mol. The first-order chi connectivity index (χ1) is 10.1. The molecule has 0 radical (unpaired) electrons. The maximum absolute atomic E-state index is 12.2. The van der Waals surface area contributed by atoms with E-state index in [1.54, 1.807) is 0 Å². The van der Waals surface area contributed by atoms with Crippen LogP contribution in [0, 0.1) is 0 Å². The van der Waals surface area contributed by atoms with Gasteiger partial charge in [0.05, 0.1) is 6.04 Å². The molecular formula is C19H23NO. The van der Waals surface area contributed by atoms with E-state index < -0.39 is 0 Å². The van der Waals surface area contributed by atoms with E-state index in [0.717, 1.165) is 0 Å². The van der Waals surface area contributed by atoms with Crippen molar-refractivity contribution in [1.82, 2.24) is 4.90 Å². The Hall–Kier alpha value is -2.09. The van der Waals surface area contributed by atoms with Crippen molar-refractivity contribution in [1.29, 1.82) is 0 Å². The molecule has 0 fully saturated rings. The van der Waals surface area contributed by atoms with Gasteiger partial charge in [-0.1, -0.05) is 74.5 Å². The van der Waals surface area contributed by atoms with Crippen LogP contribution in [0.25, 0.3) is 0 Å². The van der Waals surface area contributed by atoms with Gasteiger partial charge in [0.15, 0.2) is 0 Å². The summed E-state index contributed by atoms with van der Waals surface area (Å²) in [5.74, 6) is 0.417. The normalized spacial score (nSPS) is 13.5. The van der Waals surface area contributed by atoms with Crippen molar-refractivity contribution in [2.45, 2.75) is 32.2 Å². The topological polar surface area (TPSA) is 20.3 Å². The molecule has 0 aliphatic heterocycles. The van der Waals surface area contributed by atoms with Crippen molar-refractivity contribution in [2.24, 2.45) is 0 Å². The average molecular weight is 281 g/mol. The minimum absolute atomic E-state index is 0.0565. The number of hydrogen-bond acceptors (Lipinski definition) is 1. The minimum Gasteiger partial charge on any atom is -0.338 e. The summed E-state index contributed by atoms with van der Waals surface area (Å²) >= 11 is 0. The third-order valence-corrected chi connectivity index (χ3v) is 4.05. The first-order valence-electron chi connectivity index (χ1n) is 7.50. The molecule has 0 saturated heterocycles. The van der Waals surface area contributed by atoms with Gasteiger partial charge < -0.3 is 4.90 Å². The fourth-order valence-corrected chi connectivity index (χ4v) is 2.84. The van der Waals surface area contributed by atoms with Crippen LogP contribution in [0.15, 0.2) is 60.7 Å². The Labute approximate surface area is 127 Å². The van der Waals surface area contributed by atoms with Crippen LogP contribution in [0.3, 0.4) is 0 Å². The second kappa shape index (κ2) is 7.07. The van der Waals surface area contributed by atoms with E-state index in [4.69, 9.17) is 0 Å². The number of likely N-dealkylation sites (N-methyl/N-ethyl adjacent to an activating group) is 1. The van der Waals surface area contributed by atoms with Crippen LogP contribution in [0.1, 0.15) is 43.4 Å². The summed E-state index contributed by atoms with van der Waals surface area (Å²) < 4.78 is 0. The maximum atomic E-state index is 12.2. The molecule has 2 atom stereocenters. The molecule has 2 nitrogen and oxygen atoms in total. The van der Waals surface area contributed by atoms with Crippen molar-refractivity contribution in [3.63, 3.8) is 0 Å². The molecule has 2 heteroatoms. The summed E-state index contributed by atoms with van der Waals surface area (Å²) in [6.07, 6.45) is 0.529. The van der Waals surface area contributed by atoms with E-state index in [0.29, 0.717) is 6.42 Å². The van der Waals surface area contributed by atoms with E-state index in [9.17, 15) is 4.79 Å². The fraction of sp³-hybridized carbons (Fsp3) is 0.316. The lowest BCUT2D eigenvalue weighted by Gasteiger charge is -2.33. The van der Waals surface area contributed by atoms with Crippen molar-refractivity contribution in [2.75, 3.05) is 7.05 Å². The number of rotatable bonds is 5. The molecule has 0 spiro atoms. The zero-order chi connectivity index (χ0) is 15.2. The Morgan fingerprint density at radius 1 is 0.952 bits per heavy atom. The van der Waals surface area contributed by atoms with Crippen LogP contribution >= 0.6 is 0 Å². The lowest BCUT2D eigenvalue weighted by molar-refractivity contribution is -0.132. The molecule has 110 valence electrons. The Morgan fingerprint density at radius 2 is 1.43 bits per heavy atom. The van der Waals surface area contributed by atoms with Gasteiger partial charge in [0, 0.05) is 19.4 Å². The third kappa shape index (κ3) is 3.52. The highest BCUT2D eigenvalue weighted by atomic mass is 16.2. The standard InChI is InChI=1S/C19H23NO/c1-4-18(21)20(3)19(17-13-9-6-10-14-17)15(2)16-11-7-5-8-12-16/h5-15,19H,4H2,1-3H3/t15-,19+/m1/s1. The smallest absolute Gasteiger partial charge is 0.222 e. The average Bonchev–Trinajstić information content (AvgIpc) is 2.56. The lowest BCUT2D eigenvalue weighted by atomic mass is 9.87. The summed E-state index contributed by atoms with van der Waals surface area (Å²) in [6.45, 7) is 4.10. The lowest BCUT2D eigenvalue weighted by Crippen LogP contribution is -2.33. The number of benzene rings is 2. The van der Waals surface area contributed by atoms with Crippen LogP contribution in [0.5, 0.6) is 0 Å². The van der Waals surface area contributed by atoms with Gasteiger partial charge in [-0.2, -0.15) is 0 Å². The molecule has 2 aromatic rings. The van der Waals surface area contributed by atoms with Crippen molar-refractivity contribution < 1.29 is 4.79 Å². The molecule has 0 bridgehead atoms. The highest BCUT2D eigenvalue weighted by Crippen LogP contribution is 2.35. The molecule has 0 aliphatic carbocycles. The fourth-order valence-electron chi connectivity index (χ4n) is 2.84. The third-order valence-electron chi connectivity index (χ3n) is 4.05. The number of carbonyl (C=O) groups is 1. The van der Waals surface area contributed by atoms with Gasteiger partial charge in [0.2, 0.25) is 5.91 Å². The predicted molar refractivity (Wildman–Crippen MR) is 87.1 cm³/mol. The number of amides is 1. The number of carbonyl (C=O) groups excluding carboxylic acids is 1. The number of nitrogens with zero attached hydrogens (tertiary/aromatic N) is 1. The van der Waals surface area contributed by atoms with Gasteiger partial charge in [-0.3, -0.25) is 4.79 Å². The Kier molecular flexibility index (Phi) is 5.15. The Bertz CT molecular complexity index is 565. The van der Waals surface area contributed by atoms with Crippen LogP contribution in [-0.2, 0) is 4.79 Å². The Morgan fingerprint density at radius 3 is 1.90 bits per heavy atom. The van der Waals surface area contributed by atoms with Gasteiger partial charge >= 0.3 is 0 Å². The van der Waals surface area contributed by atoms with E-state index in [1.807, 2.05) is 43.1 Å². The SMILES string of the molecule is CCC(=O)N(C)[C@H](c1ccccc1)[C@H](C)c1ccccc1. The van der Waals surface area contributed by atoms with Crippen LogP contribution in [-0.4, -0.2) is 17.9 Å². The van der Waals surface area contributed by atoms with E-state index >= 15 is 0 Å². The van der Waals surface area contributed by atoms with E-state index in [1.165, 1.54) is 11.1 Å².